The van der Waals surface area contributed by atoms with Crippen LogP contribution >= 0.6 is 0 Å². The largest absolute Gasteiger partial charge is 0.508 e. The Labute approximate surface area is 154 Å². The molecule has 0 unspecified atom stereocenters. The first kappa shape index (κ1) is 18.5. The van der Waals surface area contributed by atoms with Crippen LogP contribution in [0.5, 0.6) is 5.75 Å². The van der Waals surface area contributed by atoms with E-state index in [4.69, 9.17) is 10.5 Å². The number of fused-ring (bicyclic) bond motifs is 1. The summed E-state index contributed by atoms with van der Waals surface area (Å²) < 4.78 is 5.45. The van der Waals surface area contributed by atoms with Crippen molar-refractivity contribution in [3.8, 4) is 5.75 Å². The molecular formula is C18H19N3O6. The van der Waals surface area contributed by atoms with E-state index in [1.165, 1.54) is 30.3 Å². The van der Waals surface area contributed by atoms with Gasteiger partial charge in [0.15, 0.2) is 5.70 Å². The fourth-order valence-electron chi connectivity index (χ4n) is 3.07. The summed E-state index contributed by atoms with van der Waals surface area (Å²) in [6, 6.07) is 3.25. The molecule has 1 saturated heterocycles. The molecule has 2 heterocycles. The standard InChI is InChI=1S/C18H19N3O6/c1-2-3-12-15(18(25)26)21-11(8-27-12)14(17(21)24)20-16(23)13(19)9-4-6-10(22)7-5-9/h2-7,11,13-14,22H,8,19H2,1H3,(H,20,23)(H,25,26)/b3-2+/t11-,13-,14+/m1/s1. The predicted octanol–water partition coefficient (Wildman–Crippen LogP) is -0.00990. The van der Waals surface area contributed by atoms with Crippen molar-refractivity contribution in [3.05, 3.63) is 53.4 Å². The lowest BCUT2D eigenvalue weighted by atomic mass is 9.92. The number of hydrogen-bond donors (Lipinski definition) is 4. The number of rotatable bonds is 5. The number of carbonyl (C=O) groups excluding carboxylic acids is 2. The Balaban J connectivity index is 1.74. The van der Waals surface area contributed by atoms with E-state index in [9.17, 15) is 24.6 Å². The van der Waals surface area contributed by atoms with Crippen molar-refractivity contribution in [1.82, 2.24) is 10.2 Å². The molecule has 2 aliphatic heterocycles. The highest BCUT2D eigenvalue weighted by atomic mass is 16.5. The van der Waals surface area contributed by atoms with Gasteiger partial charge in [-0.15, -0.1) is 0 Å². The third kappa shape index (κ3) is 3.24. The Morgan fingerprint density at radius 2 is 2.04 bits per heavy atom. The molecule has 1 aromatic carbocycles. The molecule has 2 amide bonds. The van der Waals surface area contributed by atoms with Gasteiger partial charge in [0.2, 0.25) is 5.91 Å². The van der Waals surface area contributed by atoms with Gasteiger partial charge in [0.05, 0.1) is 0 Å². The van der Waals surface area contributed by atoms with Crippen molar-refractivity contribution in [2.45, 2.75) is 25.0 Å². The Morgan fingerprint density at radius 1 is 1.37 bits per heavy atom. The number of carboxylic acids is 1. The van der Waals surface area contributed by atoms with E-state index in [2.05, 4.69) is 5.32 Å². The third-order valence-corrected chi connectivity index (χ3v) is 4.46. The molecule has 3 rings (SSSR count). The number of aliphatic carboxylic acids is 1. The summed E-state index contributed by atoms with van der Waals surface area (Å²) in [5, 5.41) is 21.3. The molecule has 0 radical (unpaired) electrons. The van der Waals surface area contributed by atoms with E-state index in [1.54, 1.807) is 13.0 Å². The first-order valence-corrected chi connectivity index (χ1v) is 8.26. The van der Waals surface area contributed by atoms with Crippen LogP contribution in [0, 0.1) is 0 Å². The summed E-state index contributed by atoms with van der Waals surface area (Å²) >= 11 is 0. The topological polar surface area (TPSA) is 142 Å². The van der Waals surface area contributed by atoms with Gasteiger partial charge in [0, 0.05) is 0 Å². The summed E-state index contributed by atoms with van der Waals surface area (Å²) in [6.45, 7) is 1.76. The highest BCUT2D eigenvalue weighted by Gasteiger charge is 2.54. The van der Waals surface area contributed by atoms with E-state index in [-0.39, 0.29) is 23.8 Å². The summed E-state index contributed by atoms with van der Waals surface area (Å²) in [5.74, 6) is -2.26. The lowest BCUT2D eigenvalue weighted by molar-refractivity contribution is -0.160. The molecule has 5 N–H and O–H groups in total. The molecule has 1 aromatic rings. The maximum Gasteiger partial charge on any atom is 0.356 e. The zero-order valence-corrected chi connectivity index (χ0v) is 14.5. The molecule has 0 aliphatic carbocycles. The van der Waals surface area contributed by atoms with Crippen molar-refractivity contribution < 1.29 is 29.3 Å². The molecule has 0 saturated carbocycles. The molecule has 27 heavy (non-hydrogen) atoms. The summed E-state index contributed by atoms with van der Waals surface area (Å²) in [7, 11) is 0. The molecular weight excluding hydrogens is 354 g/mol. The van der Waals surface area contributed by atoms with Crippen LogP contribution in [0.2, 0.25) is 0 Å². The highest BCUT2D eigenvalue weighted by molar-refractivity contribution is 6.02. The number of carboxylic acid groups (broad SMARTS) is 1. The number of nitrogens with two attached hydrogens (primary N) is 1. The van der Waals surface area contributed by atoms with E-state index < -0.39 is 35.9 Å². The van der Waals surface area contributed by atoms with Gasteiger partial charge >= 0.3 is 5.97 Å². The maximum absolute atomic E-state index is 12.5. The summed E-state index contributed by atoms with van der Waals surface area (Å²) in [6.07, 6.45) is 3.08. The van der Waals surface area contributed by atoms with Crippen molar-refractivity contribution in [3.63, 3.8) is 0 Å². The number of nitrogens with zero attached hydrogens (tertiary/aromatic N) is 1. The second-order valence-electron chi connectivity index (χ2n) is 6.16. The molecule has 0 bridgehead atoms. The molecule has 0 aromatic heterocycles. The van der Waals surface area contributed by atoms with Gasteiger partial charge < -0.3 is 26.0 Å². The minimum Gasteiger partial charge on any atom is -0.508 e. The average Bonchev–Trinajstić information content (AvgIpc) is 2.65. The molecule has 9 heteroatoms. The van der Waals surface area contributed by atoms with Crippen molar-refractivity contribution in [2.75, 3.05) is 6.61 Å². The molecule has 3 atom stereocenters. The SMILES string of the molecule is C/C=C/C1=C(C(=O)O)N2C(=O)[C@@H](NC(=O)[C@H](N)c3ccc(O)cc3)[C@H]2CO1. The van der Waals surface area contributed by atoms with Crippen LogP contribution < -0.4 is 11.1 Å². The zero-order valence-electron chi connectivity index (χ0n) is 14.5. The van der Waals surface area contributed by atoms with Crippen LogP contribution in [-0.4, -0.2) is 51.6 Å². The number of β-lactam (4-membered cyclic amide) rings is 1. The van der Waals surface area contributed by atoms with E-state index >= 15 is 0 Å². The summed E-state index contributed by atoms with van der Waals surface area (Å²) in [5.41, 5.74) is 6.12. The fraction of sp³-hybridized carbons (Fsp3) is 0.278. The van der Waals surface area contributed by atoms with Crippen molar-refractivity contribution in [2.24, 2.45) is 5.73 Å². The van der Waals surface area contributed by atoms with Gasteiger partial charge in [-0.25, -0.2) is 4.79 Å². The smallest absolute Gasteiger partial charge is 0.356 e. The van der Waals surface area contributed by atoms with Crippen molar-refractivity contribution >= 4 is 17.8 Å². The van der Waals surface area contributed by atoms with Gasteiger partial charge in [-0.3, -0.25) is 14.5 Å². The minimum atomic E-state index is -1.29. The number of benzene rings is 1. The molecule has 0 spiro atoms. The number of aromatic hydroxyl groups is 1. The number of ether oxygens (including phenoxy) is 1. The average molecular weight is 373 g/mol. The number of phenols is 1. The number of amides is 2. The van der Waals surface area contributed by atoms with Crippen LogP contribution in [0.15, 0.2) is 47.9 Å². The number of allylic oxidation sites excluding steroid dienone is 2. The minimum absolute atomic E-state index is 0.0421. The maximum atomic E-state index is 12.5. The lowest BCUT2D eigenvalue weighted by Gasteiger charge is -2.49. The quantitative estimate of drug-likeness (QED) is 0.532. The number of carbonyl (C=O) groups is 3. The van der Waals surface area contributed by atoms with E-state index in [1.807, 2.05) is 0 Å². The van der Waals surface area contributed by atoms with Gasteiger partial charge in [0.25, 0.3) is 5.91 Å². The zero-order chi connectivity index (χ0) is 19.7. The number of hydrogen-bond acceptors (Lipinski definition) is 6. The number of nitrogens with one attached hydrogen (secondary N) is 1. The van der Waals surface area contributed by atoms with Gasteiger partial charge in [-0.2, -0.15) is 0 Å². The predicted molar refractivity (Wildman–Crippen MR) is 93.0 cm³/mol. The van der Waals surface area contributed by atoms with E-state index in [0.717, 1.165) is 4.90 Å². The molecule has 1 fully saturated rings. The second kappa shape index (κ2) is 7.12. The third-order valence-electron chi connectivity index (χ3n) is 4.46. The lowest BCUT2D eigenvalue weighted by Crippen LogP contribution is -2.73. The molecule has 2 aliphatic rings. The van der Waals surface area contributed by atoms with Gasteiger partial charge in [0.1, 0.15) is 36.2 Å². The summed E-state index contributed by atoms with van der Waals surface area (Å²) in [4.78, 5) is 37.5. The number of phenolic OH excluding ortho intramolecular Hbond substituents is 1. The normalized spacial score (nSPS) is 22.7. The Hall–Kier alpha value is -3.33. The Bertz CT molecular complexity index is 845. The second-order valence-corrected chi connectivity index (χ2v) is 6.16. The van der Waals surface area contributed by atoms with E-state index in [0.29, 0.717) is 5.56 Å². The first-order chi connectivity index (χ1) is 12.8. The first-order valence-electron chi connectivity index (χ1n) is 8.26. The molecule has 9 nitrogen and oxygen atoms in total. The monoisotopic (exact) mass is 373 g/mol. The van der Waals surface area contributed by atoms with Gasteiger partial charge in [-0.1, -0.05) is 18.2 Å². The van der Waals surface area contributed by atoms with Crippen LogP contribution in [0.1, 0.15) is 18.5 Å². The van der Waals surface area contributed by atoms with Crippen LogP contribution in [0.3, 0.4) is 0 Å². The molecule has 142 valence electrons. The van der Waals surface area contributed by atoms with Crippen LogP contribution in [0.25, 0.3) is 0 Å². The van der Waals surface area contributed by atoms with Gasteiger partial charge in [-0.05, 0) is 30.7 Å². The van der Waals surface area contributed by atoms with Crippen LogP contribution in [-0.2, 0) is 19.1 Å². The Morgan fingerprint density at radius 3 is 2.63 bits per heavy atom. The Kier molecular flexibility index (Phi) is 4.87. The fourth-order valence-corrected chi connectivity index (χ4v) is 3.07. The highest BCUT2D eigenvalue weighted by Crippen LogP contribution is 2.33. The van der Waals surface area contributed by atoms with Crippen LogP contribution in [0.4, 0.5) is 0 Å². The van der Waals surface area contributed by atoms with Crippen molar-refractivity contribution in [1.29, 1.82) is 0 Å².